The molecule has 2 aromatic carbocycles. The van der Waals surface area contributed by atoms with Crippen LogP contribution in [0.5, 0.6) is 0 Å². The summed E-state index contributed by atoms with van der Waals surface area (Å²) in [5.74, 6) is -1.93. The van der Waals surface area contributed by atoms with Gasteiger partial charge in [0.05, 0.1) is 5.41 Å². The van der Waals surface area contributed by atoms with Crippen LogP contribution < -0.4 is 0 Å². The van der Waals surface area contributed by atoms with Crippen molar-refractivity contribution in [1.29, 1.82) is 0 Å². The second-order valence-corrected chi connectivity index (χ2v) is 8.53. The molecule has 1 aliphatic rings. The van der Waals surface area contributed by atoms with E-state index in [-0.39, 0.29) is 6.42 Å². The first-order valence-corrected chi connectivity index (χ1v) is 9.62. The Morgan fingerprint density at radius 1 is 1.14 bits per heavy atom. The zero-order valence-electron chi connectivity index (χ0n) is 16.3. The number of allylic oxidation sites excluding steroid dienone is 2. The van der Waals surface area contributed by atoms with Crippen LogP contribution in [0.4, 0.5) is 13.2 Å². The van der Waals surface area contributed by atoms with Crippen LogP contribution in [0.25, 0.3) is 11.1 Å². The summed E-state index contributed by atoms with van der Waals surface area (Å²) in [5, 5.41) is 8.74. The quantitative estimate of drug-likeness (QED) is 0.588. The lowest BCUT2D eigenvalue weighted by atomic mass is 9.85. The Morgan fingerprint density at radius 3 is 2.31 bits per heavy atom. The van der Waals surface area contributed by atoms with Gasteiger partial charge in [0.25, 0.3) is 0 Å². The van der Waals surface area contributed by atoms with Gasteiger partial charge in [-0.2, -0.15) is 13.2 Å². The lowest BCUT2D eigenvalue weighted by molar-refractivity contribution is -0.145. The van der Waals surface area contributed by atoms with Crippen molar-refractivity contribution in [2.45, 2.75) is 33.4 Å². The Bertz CT molecular complexity index is 964. The monoisotopic (exact) mass is 422 g/mol. The van der Waals surface area contributed by atoms with Gasteiger partial charge in [-0.3, -0.25) is 4.79 Å². The van der Waals surface area contributed by atoms with Crippen molar-refractivity contribution >= 4 is 17.6 Å². The molecule has 2 aromatic rings. The van der Waals surface area contributed by atoms with Crippen molar-refractivity contribution in [3.8, 4) is 11.1 Å². The topological polar surface area (TPSA) is 37.3 Å². The van der Waals surface area contributed by atoms with E-state index in [0.29, 0.717) is 0 Å². The summed E-state index contributed by atoms with van der Waals surface area (Å²) in [4.78, 5) is 12.3. The van der Waals surface area contributed by atoms with Gasteiger partial charge in [0.15, 0.2) is 0 Å². The Hall–Kier alpha value is -2.27. The fourth-order valence-electron chi connectivity index (χ4n) is 4.41. The number of hydrogen-bond acceptors (Lipinski definition) is 1. The minimum atomic E-state index is -4.69. The normalized spacial score (nSPS) is 23.7. The maximum absolute atomic E-state index is 12.9. The van der Waals surface area contributed by atoms with Gasteiger partial charge < -0.3 is 5.11 Å². The molecule has 0 heterocycles. The predicted molar refractivity (Wildman–Crippen MR) is 108 cm³/mol. The van der Waals surface area contributed by atoms with Gasteiger partial charge in [-0.15, -0.1) is 0 Å². The number of carboxylic acid groups (broad SMARTS) is 1. The average Bonchev–Trinajstić information content (AvgIpc) is 3.11. The highest BCUT2D eigenvalue weighted by atomic mass is 35.5. The molecule has 3 rings (SSSR count). The molecule has 0 radical (unpaired) electrons. The van der Waals surface area contributed by atoms with E-state index in [1.54, 1.807) is 13.8 Å². The number of carbonyl (C=O) groups is 1. The molecule has 0 saturated heterocycles. The molecule has 2 nitrogen and oxygen atoms in total. The standard InChI is InChI=1S/C23H22ClF3O2/c1-14-16(10-7-11-17(14)15-8-5-4-6-9-15)13-22(20(28)29)18(21(22,2)3)12-19(24)23(25,26)27/h4-12,18H,13H2,1-3H3,(H,28,29)/b19-12+/t18-,22-/m0/s1. The van der Waals surface area contributed by atoms with E-state index in [1.807, 2.05) is 55.5 Å². The van der Waals surface area contributed by atoms with Crippen LogP contribution in [0.2, 0.25) is 0 Å². The largest absolute Gasteiger partial charge is 0.481 e. The zero-order valence-corrected chi connectivity index (χ0v) is 17.1. The van der Waals surface area contributed by atoms with E-state index in [4.69, 9.17) is 11.6 Å². The van der Waals surface area contributed by atoms with Gasteiger partial charge in [0, 0.05) is 5.92 Å². The van der Waals surface area contributed by atoms with Crippen LogP contribution in [0.15, 0.2) is 59.6 Å². The molecule has 2 atom stereocenters. The van der Waals surface area contributed by atoms with Gasteiger partial charge in [-0.1, -0.05) is 80.1 Å². The SMILES string of the molecule is Cc1c(C[C@@]2(C(=O)O)[C@@H](/C=C(/Cl)C(F)(F)F)C2(C)C)cccc1-c1ccccc1. The number of benzene rings is 2. The average molecular weight is 423 g/mol. The first-order valence-electron chi connectivity index (χ1n) is 9.24. The minimum absolute atomic E-state index is 0.130. The molecule has 154 valence electrons. The number of hydrogen-bond donors (Lipinski definition) is 1. The molecule has 0 bridgehead atoms. The van der Waals surface area contributed by atoms with E-state index in [1.165, 1.54) is 0 Å². The second-order valence-electron chi connectivity index (χ2n) is 8.12. The van der Waals surface area contributed by atoms with Gasteiger partial charge in [0.2, 0.25) is 0 Å². The van der Waals surface area contributed by atoms with E-state index < -0.39 is 33.9 Å². The summed E-state index contributed by atoms with van der Waals surface area (Å²) in [7, 11) is 0. The summed E-state index contributed by atoms with van der Waals surface area (Å²) in [6.07, 6.45) is -3.69. The highest BCUT2D eigenvalue weighted by Crippen LogP contribution is 2.71. The van der Waals surface area contributed by atoms with Crippen molar-refractivity contribution in [2.24, 2.45) is 16.7 Å². The Morgan fingerprint density at radius 2 is 1.76 bits per heavy atom. The van der Waals surface area contributed by atoms with Crippen LogP contribution in [-0.2, 0) is 11.2 Å². The molecule has 6 heteroatoms. The Balaban J connectivity index is 2.02. The molecule has 0 aromatic heterocycles. The van der Waals surface area contributed by atoms with E-state index >= 15 is 0 Å². The fourth-order valence-corrected chi connectivity index (χ4v) is 4.54. The molecule has 0 unspecified atom stereocenters. The van der Waals surface area contributed by atoms with Gasteiger partial charge in [-0.25, -0.2) is 0 Å². The van der Waals surface area contributed by atoms with Gasteiger partial charge in [0.1, 0.15) is 5.03 Å². The van der Waals surface area contributed by atoms with E-state index in [2.05, 4.69) is 0 Å². The summed E-state index contributed by atoms with van der Waals surface area (Å²) in [6, 6.07) is 15.3. The molecular formula is C23H22ClF3O2. The number of carboxylic acids is 1. The van der Waals surface area contributed by atoms with Crippen LogP contribution in [0.3, 0.4) is 0 Å². The van der Waals surface area contributed by atoms with Crippen LogP contribution in [0, 0.1) is 23.7 Å². The highest BCUT2D eigenvalue weighted by molar-refractivity contribution is 6.30. The van der Waals surface area contributed by atoms with E-state index in [9.17, 15) is 23.1 Å². The van der Waals surface area contributed by atoms with Crippen molar-refractivity contribution in [2.75, 3.05) is 0 Å². The first kappa shape index (κ1) is 21.4. The van der Waals surface area contributed by atoms with Crippen LogP contribution >= 0.6 is 11.6 Å². The number of halogens is 4. The van der Waals surface area contributed by atoms with Crippen LogP contribution in [-0.4, -0.2) is 17.3 Å². The van der Waals surface area contributed by atoms with Crippen molar-refractivity contribution in [3.05, 3.63) is 70.8 Å². The Kier molecular flexibility index (Phi) is 5.33. The second kappa shape index (κ2) is 7.21. The predicted octanol–water partition coefficient (Wildman–Crippen LogP) is 6.62. The summed E-state index contributed by atoms with van der Waals surface area (Å²) in [5.41, 5.74) is 1.50. The van der Waals surface area contributed by atoms with Crippen molar-refractivity contribution in [1.82, 2.24) is 0 Å². The molecule has 29 heavy (non-hydrogen) atoms. The summed E-state index contributed by atoms with van der Waals surface area (Å²) in [6.45, 7) is 5.27. The molecular weight excluding hydrogens is 401 g/mol. The smallest absolute Gasteiger partial charge is 0.426 e. The van der Waals surface area contributed by atoms with E-state index in [0.717, 1.165) is 28.3 Å². The third-order valence-corrected chi connectivity index (χ3v) is 6.68. The summed E-state index contributed by atoms with van der Waals surface area (Å²) < 4.78 is 38.8. The third-order valence-electron chi connectivity index (χ3n) is 6.34. The summed E-state index contributed by atoms with van der Waals surface area (Å²) >= 11 is 5.43. The number of rotatable bonds is 5. The van der Waals surface area contributed by atoms with Crippen molar-refractivity contribution in [3.63, 3.8) is 0 Å². The molecule has 1 fully saturated rings. The van der Waals surface area contributed by atoms with Crippen LogP contribution in [0.1, 0.15) is 25.0 Å². The molecule has 0 spiro atoms. The molecule has 1 saturated carbocycles. The maximum atomic E-state index is 12.9. The third kappa shape index (κ3) is 3.57. The molecule has 1 N–H and O–H groups in total. The van der Waals surface area contributed by atoms with Gasteiger partial charge >= 0.3 is 12.1 Å². The maximum Gasteiger partial charge on any atom is 0.426 e. The lowest BCUT2D eigenvalue weighted by Gasteiger charge is -2.19. The molecule has 1 aliphatic carbocycles. The molecule has 0 amide bonds. The fraction of sp³-hybridized carbons (Fsp3) is 0.348. The Labute approximate surface area is 173 Å². The highest BCUT2D eigenvalue weighted by Gasteiger charge is 2.74. The van der Waals surface area contributed by atoms with Crippen molar-refractivity contribution < 1.29 is 23.1 Å². The minimum Gasteiger partial charge on any atom is -0.481 e. The number of aliphatic carboxylic acids is 1. The zero-order chi connectivity index (χ0) is 21.6. The number of alkyl halides is 3. The van der Waals surface area contributed by atoms with Gasteiger partial charge in [-0.05, 0) is 41.0 Å². The first-order chi connectivity index (χ1) is 13.4. The lowest BCUT2D eigenvalue weighted by Crippen LogP contribution is -2.25. The molecule has 0 aliphatic heterocycles.